The maximum atomic E-state index is 15.6. The summed E-state index contributed by atoms with van der Waals surface area (Å²) in [6, 6.07) is 15.5. The lowest BCUT2D eigenvalue weighted by molar-refractivity contribution is -0.147. The number of aromatic nitrogens is 6. The van der Waals surface area contributed by atoms with Crippen LogP contribution in [0.2, 0.25) is 0 Å². The van der Waals surface area contributed by atoms with Gasteiger partial charge in [-0.3, -0.25) is 57.4 Å². The summed E-state index contributed by atoms with van der Waals surface area (Å²) in [4.78, 5) is 149. The topological polar surface area (TPSA) is 434 Å². The van der Waals surface area contributed by atoms with Crippen molar-refractivity contribution >= 4 is 101 Å². The number of likely N-dealkylation sites (tertiary alicyclic amines) is 2. The fraction of sp³-hybridized carbons (Fsp3) is 0.547. The number of nitrogens with one attached hydrogen (secondary N) is 9. The highest BCUT2D eigenvalue weighted by Gasteiger charge is 2.50. The van der Waals surface area contributed by atoms with Gasteiger partial charge in [0.2, 0.25) is 61.4 Å². The Balaban J connectivity index is 1.10. The number of likely N-dealkylation sites (N-methyl/N-ethyl adjacent to an activating group) is 2. The third kappa shape index (κ3) is 22.3. The Hall–Kier alpha value is -9.68. The van der Waals surface area contributed by atoms with Crippen molar-refractivity contribution in [2.24, 2.45) is 16.7 Å². The van der Waals surface area contributed by atoms with Crippen LogP contribution in [0.5, 0.6) is 0 Å². The number of hydrogen-bond donors (Lipinski definition) is 9. The van der Waals surface area contributed by atoms with Crippen LogP contribution < -0.4 is 46.7 Å². The first kappa shape index (κ1) is 84.3. The Morgan fingerprint density at radius 3 is 1.41 bits per heavy atom. The quantitative estimate of drug-likeness (QED) is 0.0666. The minimum absolute atomic E-state index is 0.00391. The predicted molar refractivity (Wildman–Crippen MR) is 406 cm³/mol. The van der Waals surface area contributed by atoms with E-state index in [2.05, 4.69) is 57.8 Å². The molecule has 0 saturated carbocycles. The molecule has 9 amide bonds. The number of amides is 9. The highest BCUT2D eigenvalue weighted by atomic mass is 32.2. The minimum atomic E-state index is -4.17. The lowest BCUT2D eigenvalue weighted by atomic mass is 9.85. The average Bonchev–Trinajstić information content (AvgIpc) is 1.62. The smallest absolute Gasteiger partial charge is 0.258 e. The van der Waals surface area contributed by atoms with Gasteiger partial charge in [0.15, 0.2) is 5.78 Å². The number of ether oxygens (including phenoxy) is 2. The van der Waals surface area contributed by atoms with Crippen molar-refractivity contribution in [3.8, 4) is 0 Å². The first-order valence-corrected chi connectivity index (χ1v) is 40.7. The van der Waals surface area contributed by atoms with E-state index < -0.39 is 175 Å². The zero-order valence-electron chi connectivity index (χ0n) is 64.2. The van der Waals surface area contributed by atoms with Crippen molar-refractivity contribution < 1.29 is 74.3 Å². The number of Topliss-reactive ketones (excluding diaryl/α,β-unsaturated/α-hetero) is 1. The zero-order valence-corrected chi connectivity index (χ0v) is 65.8. The van der Waals surface area contributed by atoms with Crippen molar-refractivity contribution in [2.75, 3.05) is 52.8 Å². The molecule has 0 spiro atoms. The van der Waals surface area contributed by atoms with Gasteiger partial charge in [0.25, 0.3) is 11.8 Å². The summed E-state index contributed by atoms with van der Waals surface area (Å²) in [6.07, 6.45) is 1.41. The van der Waals surface area contributed by atoms with E-state index >= 15 is 19.2 Å². The molecule has 3 aliphatic heterocycles. The molecule has 4 bridgehead atoms. The Labute approximate surface area is 640 Å². The maximum Gasteiger partial charge on any atom is 0.258 e. The molecule has 9 rings (SSSR count). The molecule has 3 aliphatic rings. The van der Waals surface area contributed by atoms with E-state index in [0.717, 1.165) is 43.4 Å². The van der Waals surface area contributed by atoms with Crippen molar-refractivity contribution in [1.29, 1.82) is 0 Å². The van der Waals surface area contributed by atoms with Crippen LogP contribution in [0.25, 0.3) is 21.5 Å². The number of ketones is 1. The number of nitrogens with zero attached hydrogens (tertiary/aromatic N) is 8. The molecular formula is C75H103N17O16S2. The average molecular weight is 1560 g/mol. The third-order valence-corrected chi connectivity index (χ3v) is 21.2. The lowest BCUT2D eigenvalue weighted by Crippen LogP contribution is -2.62. The van der Waals surface area contributed by atoms with Crippen LogP contribution in [0.4, 0.5) is 0 Å². The monoisotopic (exact) mass is 1560 g/mol. The second kappa shape index (κ2) is 36.4. The normalized spacial score (nSPS) is 22.6. The van der Waals surface area contributed by atoms with Crippen molar-refractivity contribution in [2.45, 2.75) is 193 Å². The van der Waals surface area contributed by atoms with E-state index in [0.29, 0.717) is 11.1 Å². The van der Waals surface area contributed by atoms with Gasteiger partial charge in [-0.1, -0.05) is 137 Å². The third-order valence-electron chi connectivity index (χ3n) is 20.0. The van der Waals surface area contributed by atoms with E-state index in [4.69, 9.17) is 9.47 Å². The van der Waals surface area contributed by atoms with E-state index in [9.17, 15) is 45.6 Å². The fourth-order valence-electron chi connectivity index (χ4n) is 13.8. The van der Waals surface area contributed by atoms with Crippen molar-refractivity contribution in [1.82, 2.24) is 86.4 Å². The first-order chi connectivity index (χ1) is 51.9. The summed E-state index contributed by atoms with van der Waals surface area (Å²) in [5, 5.41) is 40.8. The van der Waals surface area contributed by atoms with Gasteiger partial charge in [0, 0.05) is 44.9 Å². The highest BCUT2D eigenvalue weighted by Crippen LogP contribution is 2.33. The van der Waals surface area contributed by atoms with Crippen LogP contribution in [0.15, 0.2) is 97.3 Å². The molecule has 2 fully saturated rings. The number of carbonyl (C=O) groups excluding carboxylic acids is 10. The number of fused-ring (bicyclic) bond motifs is 8. The first-order valence-electron chi connectivity index (χ1n) is 36.9. The number of rotatable bonds is 16. The Kier molecular flexibility index (Phi) is 27.9. The highest BCUT2D eigenvalue weighted by molar-refractivity contribution is 7.89. The van der Waals surface area contributed by atoms with Crippen LogP contribution in [0.1, 0.15) is 135 Å². The van der Waals surface area contributed by atoms with Crippen LogP contribution in [-0.4, -0.2) is 223 Å². The SMILES string of the molecule is CN[C@@H](C)C(=O)N[C@H](C(=O)N1CC[C@H]2OCc3cn(nn3)[C@H](C(=O)NS(C)(=O)=O)CCCNC(=O)[C@H](Cc3ccc4ccccc4c3)NC(=O)[C@@H]3[C@@H](CCN3C(=O)[C@@H](NC(=O)[C@H](C)NC)C(C)(C)C)OCc3cn(nn3)[C@H](C(=O)NS(C)(=O)=O)CCCNC(=O)[C@H](Cc3ccc4ccccc4c3)CC(=O)[C@H]21)C(C)(C)C. The largest absolute Gasteiger partial charge is 0.369 e. The number of sulfonamides is 2. The summed E-state index contributed by atoms with van der Waals surface area (Å²) < 4.78 is 70.2. The standard InChI is InChI=1S/C75H103N17O16S2/c1-44(76-9)65(94)81-63(74(3,4)5)72(101)89-33-29-59-61(89)58(93)39-52(37-46-25-27-48-19-13-15-21-50(48)35-46)67(96)78-31-17-23-56(69(98)85-109(11,103)104)92-41-54(84-88-92)43-108-60-30-34-90(73(102)64(75(6,7)8)82-66(95)45(2)77-10)62(60)71(100)80-55(38-47-26-28-49-20-14-16-22-51(49)36-47)68(97)79-32-18-24-57(70(99)86-110(12,105)106)91-40-53(42-107-59)83-87-91/h13-16,19-22,25-28,35-36,40-41,44-45,52,55-57,59-64,76-77H,17-18,23-24,29-34,37-39,42-43H2,1-12H3,(H,78,96)(H,79,97)(H,80,100)(H,81,94)(H,82,95)(H,85,98)(H,86,99)/t44-,45-,52+,55-,56-,57-,59+,60+,61+,62-,63+,64+/m0/s1. The van der Waals surface area contributed by atoms with Crippen molar-refractivity contribution in [3.05, 3.63) is 120 Å². The molecule has 0 radical (unpaired) electrons. The summed E-state index contributed by atoms with van der Waals surface area (Å²) in [6.45, 7) is 12.7. The second-order valence-corrected chi connectivity index (χ2v) is 34.3. The Morgan fingerprint density at radius 2 is 0.973 bits per heavy atom. The van der Waals surface area contributed by atoms with E-state index in [1.165, 1.54) is 22.2 Å². The van der Waals surface area contributed by atoms with Gasteiger partial charge in [-0.05, 0) is 116 Å². The van der Waals surface area contributed by atoms with Gasteiger partial charge in [-0.15, -0.1) is 10.2 Å². The molecule has 35 heteroatoms. The molecule has 5 heterocycles. The van der Waals surface area contributed by atoms with Crippen molar-refractivity contribution in [3.63, 3.8) is 0 Å². The van der Waals surface area contributed by atoms with E-state index in [1.807, 2.05) is 88.3 Å². The molecule has 9 N–H and O–H groups in total. The summed E-state index contributed by atoms with van der Waals surface area (Å²) >= 11 is 0. The maximum absolute atomic E-state index is 15.6. The van der Waals surface area contributed by atoms with Crippen LogP contribution in [-0.2, 0) is 104 Å². The molecule has 0 unspecified atom stereocenters. The minimum Gasteiger partial charge on any atom is -0.369 e. The predicted octanol–water partition coefficient (Wildman–Crippen LogP) is 1.71. The molecule has 4 aromatic carbocycles. The van der Waals surface area contributed by atoms with E-state index in [1.54, 1.807) is 75.6 Å². The number of benzene rings is 4. The van der Waals surface area contributed by atoms with Gasteiger partial charge in [-0.2, -0.15) is 0 Å². The van der Waals surface area contributed by atoms with Gasteiger partial charge < -0.3 is 56.5 Å². The van der Waals surface area contributed by atoms with Crippen LogP contribution in [0, 0.1) is 16.7 Å². The Bertz CT molecular complexity index is 4310. The molecule has 2 aromatic heterocycles. The lowest BCUT2D eigenvalue weighted by Gasteiger charge is -2.36. The van der Waals surface area contributed by atoms with Gasteiger partial charge >= 0.3 is 0 Å². The number of carbonyl (C=O) groups is 10. The molecule has 6 aromatic rings. The van der Waals surface area contributed by atoms with Crippen LogP contribution >= 0.6 is 0 Å². The van der Waals surface area contributed by atoms with Gasteiger partial charge in [0.05, 0.1) is 62.4 Å². The fourth-order valence-corrected chi connectivity index (χ4v) is 14.8. The van der Waals surface area contributed by atoms with Crippen LogP contribution in [0.3, 0.4) is 0 Å². The molecule has 12 atom stereocenters. The molecule has 2 saturated heterocycles. The van der Waals surface area contributed by atoms with Gasteiger partial charge in [0.1, 0.15) is 53.7 Å². The van der Waals surface area contributed by atoms with E-state index in [-0.39, 0.29) is 95.5 Å². The second-order valence-electron chi connectivity index (χ2n) is 30.8. The molecule has 110 heavy (non-hydrogen) atoms. The summed E-state index contributed by atoms with van der Waals surface area (Å²) in [7, 11) is -5.16. The molecule has 0 aliphatic carbocycles. The zero-order chi connectivity index (χ0) is 80.2. The van der Waals surface area contributed by atoms with Gasteiger partial charge in [-0.25, -0.2) is 26.2 Å². The Morgan fingerprint density at radius 1 is 0.555 bits per heavy atom. The molecule has 33 nitrogen and oxygen atoms in total. The summed E-state index contributed by atoms with van der Waals surface area (Å²) in [5.41, 5.74) is -0.313. The molecular weight excluding hydrogens is 1460 g/mol. The number of hydrogen-bond acceptors (Lipinski definition) is 22. The summed E-state index contributed by atoms with van der Waals surface area (Å²) in [5.74, 6) is -7.97. The molecule has 596 valence electrons.